The van der Waals surface area contributed by atoms with Gasteiger partial charge in [0.15, 0.2) is 0 Å². The minimum absolute atomic E-state index is 1.70. The summed E-state index contributed by atoms with van der Waals surface area (Å²) in [4.78, 5) is 0. The Kier molecular flexibility index (Phi) is 5.54. The fraction of sp³-hybridized carbons (Fsp3) is 0.600. The van der Waals surface area contributed by atoms with Crippen LogP contribution in [0.5, 0.6) is 0 Å². The Morgan fingerprint density at radius 1 is 1.25 bits per heavy atom. The van der Waals surface area contributed by atoms with Gasteiger partial charge in [-0.15, -0.1) is 0 Å². The van der Waals surface area contributed by atoms with E-state index in [1.807, 2.05) is 19.2 Å². The molecule has 1 nitrogen and oxygen atoms in total. The maximum absolute atomic E-state index is 2.08. The third-order valence-corrected chi connectivity index (χ3v) is 2.49. The number of hydrogen-bond donors (Lipinski definition) is 0. The van der Waals surface area contributed by atoms with Crippen molar-refractivity contribution in [2.75, 3.05) is 12.5 Å². The normalized spacial score (nSPS) is 10.4. The van der Waals surface area contributed by atoms with Crippen LogP contribution >= 0.6 is 23.9 Å². The van der Waals surface area contributed by atoms with Crippen molar-refractivity contribution in [2.45, 2.75) is 6.92 Å². The van der Waals surface area contributed by atoms with Gasteiger partial charge in [-0.2, -0.15) is 0 Å². The van der Waals surface area contributed by atoms with Crippen LogP contribution in [-0.4, -0.2) is 16.2 Å². The molecule has 0 amide bonds. The smallest absolute Gasteiger partial charge is 0.0189 e. The Bertz CT molecular complexity index is 68.8. The van der Waals surface area contributed by atoms with Crippen molar-refractivity contribution < 1.29 is 0 Å². The average Bonchev–Trinajstić information content (AvgIpc) is 1.83. The quantitative estimate of drug-likeness (QED) is 0.567. The molecule has 8 heavy (non-hydrogen) atoms. The van der Waals surface area contributed by atoms with Crippen molar-refractivity contribution in [1.82, 2.24) is 3.71 Å². The topological polar surface area (TPSA) is 3.24 Å². The second-order valence-corrected chi connectivity index (χ2v) is 2.88. The van der Waals surface area contributed by atoms with E-state index in [9.17, 15) is 0 Å². The third-order valence-electron chi connectivity index (χ3n) is 0.631. The van der Waals surface area contributed by atoms with Gasteiger partial charge in [0.05, 0.1) is 0 Å². The molecule has 0 spiro atoms. The summed E-state index contributed by atoms with van der Waals surface area (Å²) < 4.78 is 2.08. The van der Waals surface area contributed by atoms with Crippen molar-refractivity contribution in [2.24, 2.45) is 0 Å². The van der Waals surface area contributed by atoms with Gasteiger partial charge < -0.3 is 0 Å². The number of nitrogens with zero attached hydrogens (tertiary/aromatic N) is 1. The highest BCUT2D eigenvalue weighted by molar-refractivity contribution is 8.11. The Hall–Kier alpha value is 0.240. The average molecular weight is 149 g/mol. The summed E-state index contributed by atoms with van der Waals surface area (Å²) in [7, 11) is 0. The van der Waals surface area contributed by atoms with Gasteiger partial charge in [0.25, 0.3) is 0 Å². The van der Waals surface area contributed by atoms with E-state index in [4.69, 9.17) is 0 Å². The standard InChI is InChI=1S/C5H11NS2/c1-4-5-6(7-2)8-3/h4-5H,1-3H3. The third kappa shape index (κ3) is 3.27. The summed E-state index contributed by atoms with van der Waals surface area (Å²) in [6.45, 7) is 2.01. The first-order valence-corrected chi connectivity index (χ1v) is 4.71. The van der Waals surface area contributed by atoms with Gasteiger partial charge in [-0.1, -0.05) is 6.08 Å². The van der Waals surface area contributed by atoms with E-state index in [0.29, 0.717) is 0 Å². The SMILES string of the molecule is CC=CN(SC)SC. The van der Waals surface area contributed by atoms with E-state index < -0.39 is 0 Å². The van der Waals surface area contributed by atoms with Crippen LogP contribution in [0.2, 0.25) is 0 Å². The second-order valence-electron chi connectivity index (χ2n) is 1.13. The van der Waals surface area contributed by atoms with Crippen molar-refractivity contribution in [3.63, 3.8) is 0 Å². The van der Waals surface area contributed by atoms with Crippen molar-refractivity contribution >= 4 is 23.9 Å². The molecule has 0 heterocycles. The zero-order chi connectivity index (χ0) is 6.41. The Morgan fingerprint density at radius 2 is 1.75 bits per heavy atom. The summed E-state index contributed by atoms with van der Waals surface area (Å²) in [6.07, 6.45) is 8.16. The van der Waals surface area contributed by atoms with Crippen LogP contribution in [0.3, 0.4) is 0 Å². The van der Waals surface area contributed by atoms with Crippen molar-refractivity contribution in [1.29, 1.82) is 0 Å². The van der Waals surface area contributed by atoms with Gasteiger partial charge in [-0.25, -0.2) is 0 Å². The van der Waals surface area contributed by atoms with E-state index in [1.165, 1.54) is 0 Å². The first kappa shape index (κ1) is 8.24. The molecule has 0 unspecified atom stereocenters. The molecule has 0 aromatic carbocycles. The van der Waals surface area contributed by atoms with Crippen molar-refractivity contribution in [3.05, 3.63) is 12.3 Å². The Balaban J connectivity index is 3.36. The van der Waals surface area contributed by atoms with Crippen LogP contribution in [-0.2, 0) is 0 Å². The lowest BCUT2D eigenvalue weighted by Crippen LogP contribution is -1.91. The minimum atomic E-state index is 1.70. The molecule has 0 aromatic heterocycles. The van der Waals surface area contributed by atoms with E-state index >= 15 is 0 Å². The molecule has 0 saturated carbocycles. The lowest BCUT2D eigenvalue weighted by Gasteiger charge is -2.09. The van der Waals surface area contributed by atoms with Gasteiger partial charge in [-0.05, 0) is 30.8 Å². The zero-order valence-electron chi connectivity index (χ0n) is 5.42. The molecule has 0 radical (unpaired) electrons. The molecule has 3 heteroatoms. The van der Waals surface area contributed by atoms with Gasteiger partial charge in [0.1, 0.15) is 0 Å². The molecular weight excluding hydrogens is 138 g/mol. The minimum Gasteiger partial charge on any atom is -0.267 e. The molecule has 0 fully saturated rings. The summed E-state index contributed by atoms with van der Waals surface area (Å²) in [6, 6.07) is 0. The first-order valence-electron chi connectivity index (χ1n) is 2.35. The van der Waals surface area contributed by atoms with Crippen LogP contribution in [0.4, 0.5) is 0 Å². The fourth-order valence-electron chi connectivity index (χ4n) is 0.318. The molecule has 0 aliphatic carbocycles. The Morgan fingerprint density at radius 3 is 1.88 bits per heavy atom. The van der Waals surface area contributed by atoms with E-state index in [-0.39, 0.29) is 0 Å². The molecule has 0 atom stereocenters. The first-order chi connectivity index (χ1) is 3.85. The lowest BCUT2D eigenvalue weighted by atomic mass is 10.7. The molecule has 0 aromatic rings. The van der Waals surface area contributed by atoms with Crippen molar-refractivity contribution in [3.8, 4) is 0 Å². The van der Waals surface area contributed by atoms with Gasteiger partial charge in [-0.3, -0.25) is 3.71 Å². The molecule has 0 aliphatic heterocycles. The maximum atomic E-state index is 2.08. The molecule has 0 bridgehead atoms. The predicted molar refractivity (Wildman–Crippen MR) is 43.7 cm³/mol. The van der Waals surface area contributed by atoms with Crippen LogP contribution in [0, 0.1) is 0 Å². The summed E-state index contributed by atoms with van der Waals surface area (Å²) in [5, 5.41) is 0. The highest BCUT2D eigenvalue weighted by Gasteiger charge is 1.87. The highest BCUT2D eigenvalue weighted by Crippen LogP contribution is 2.15. The van der Waals surface area contributed by atoms with Gasteiger partial charge in [0, 0.05) is 18.7 Å². The number of rotatable bonds is 3. The second kappa shape index (κ2) is 5.38. The zero-order valence-corrected chi connectivity index (χ0v) is 7.05. The van der Waals surface area contributed by atoms with Crippen LogP contribution in [0.1, 0.15) is 6.92 Å². The summed E-state index contributed by atoms with van der Waals surface area (Å²) in [5.41, 5.74) is 0. The van der Waals surface area contributed by atoms with E-state index in [2.05, 4.69) is 16.2 Å². The molecule has 0 saturated heterocycles. The van der Waals surface area contributed by atoms with Gasteiger partial charge in [0.2, 0.25) is 0 Å². The number of hydrogen-bond acceptors (Lipinski definition) is 3. The maximum Gasteiger partial charge on any atom is 0.0189 e. The predicted octanol–water partition coefficient (Wildman–Crippen LogP) is 2.38. The molecule has 0 aliphatic rings. The Labute approximate surface area is 59.8 Å². The van der Waals surface area contributed by atoms with E-state index in [1.54, 1.807) is 23.9 Å². The summed E-state index contributed by atoms with van der Waals surface area (Å²) in [5.74, 6) is 0. The number of allylic oxidation sites excluding steroid dienone is 1. The van der Waals surface area contributed by atoms with Crippen LogP contribution in [0.15, 0.2) is 12.3 Å². The van der Waals surface area contributed by atoms with Crippen LogP contribution < -0.4 is 0 Å². The molecule has 0 N–H and O–H groups in total. The monoisotopic (exact) mass is 149 g/mol. The lowest BCUT2D eigenvalue weighted by molar-refractivity contribution is 1.05. The van der Waals surface area contributed by atoms with E-state index in [0.717, 1.165) is 0 Å². The fourth-order valence-corrected chi connectivity index (χ4v) is 1.40. The highest BCUT2D eigenvalue weighted by atomic mass is 32.2. The molecule has 0 rings (SSSR count). The molecular formula is C5H11NS2. The van der Waals surface area contributed by atoms with Gasteiger partial charge >= 0.3 is 0 Å². The largest absolute Gasteiger partial charge is 0.267 e. The van der Waals surface area contributed by atoms with Crippen LogP contribution in [0.25, 0.3) is 0 Å². The summed E-state index contributed by atoms with van der Waals surface area (Å²) >= 11 is 3.41. The molecule has 48 valence electrons.